The summed E-state index contributed by atoms with van der Waals surface area (Å²) in [5.41, 5.74) is 1.33. The van der Waals surface area contributed by atoms with Gasteiger partial charge in [0.1, 0.15) is 5.75 Å². The molecule has 1 heterocycles. The minimum Gasteiger partial charge on any atom is -0.497 e. The van der Waals surface area contributed by atoms with Crippen LogP contribution in [0.1, 0.15) is 18.4 Å². The van der Waals surface area contributed by atoms with Crippen LogP contribution in [0, 0.1) is 5.92 Å². The maximum atomic E-state index is 5.33. The van der Waals surface area contributed by atoms with E-state index in [9.17, 15) is 0 Å². The van der Waals surface area contributed by atoms with Crippen LogP contribution in [0.25, 0.3) is 0 Å². The van der Waals surface area contributed by atoms with Gasteiger partial charge in [0.2, 0.25) is 0 Å². The lowest BCUT2D eigenvalue weighted by atomic mass is 10.1. The van der Waals surface area contributed by atoms with Gasteiger partial charge in [-0.15, -0.1) is 0 Å². The zero-order valence-electron chi connectivity index (χ0n) is 11.4. The van der Waals surface area contributed by atoms with Crippen LogP contribution in [0.15, 0.2) is 22.7 Å². The summed E-state index contributed by atoms with van der Waals surface area (Å²) >= 11 is 3.66. The Balaban J connectivity index is 1.75. The van der Waals surface area contributed by atoms with Gasteiger partial charge >= 0.3 is 0 Å². The number of methoxy groups -OCH3 is 1. The first kappa shape index (κ1) is 13.4. The summed E-state index contributed by atoms with van der Waals surface area (Å²) in [4.78, 5) is 2.63. The molecule has 1 unspecified atom stereocenters. The van der Waals surface area contributed by atoms with Crippen molar-refractivity contribution in [3.63, 3.8) is 0 Å². The Labute approximate surface area is 123 Å². The summed E-state index contributed by atoms with van der Waals surface area (Å²) in [5, 5.41) is 3.53. The minimum absolute atomic E-state index is 0.715. The summed E-state index contributed by atoms with van der Waals surface area (Å²) in [7, 11) is 1.73. The van der Waals surface area contributed by atoms with Crippen molar-refractivity contribution in [1.82, 2.24) is 10.2 Å². The molecule has 4 heteroatoms. The quantitative estimate of drug-likeness (QED) is 0.921. The predicted molar refractivity (Wildman–Crippen MR) is 80.5 cm³/mol. The maximum absolute atomic E-state index is 5.33. The molecular weight excluding hydrogens is 304 g/mol. The molecule has 1 aliphatic heterocycles. The van der Waals surface area contributed by atoms with Crippen LogP contribution < -0.4 is 10.1 Å². The molecule has 0 bridgehead atoms. The fraction of sp³-hybridized carbons (Fsp3) is 0.600. The van der Waals surface area contributed by atoms with E-state index in [1.165, 1.54) is 22.9 Å². The lowest BCUT2D eigenvalue weighted by Crippen LogP contribution is -2.51. The molecule has 1 aliphatic carbocycles. The van der Waals surface area contributed by atoms with E-state index in [4.69, 9.17) is 4.74 Å². The van der Waals surface area contributed by atoms with E-state index in [0.29, 0.717) is 6.04 Å². The predicted octanol–water partition coefficient (Wildman–Crippen LogP) is 2.64. The molecule has 0 spiro atoms. The van der Waals surface area contributed by atoms with Gasteiger partial charge in [-0.25, -0.2) is 0 Å². The van der Waals surface area contributed by atoms with Crippen LogP contribution in [0.5, 0.6) is 5.75 Å². The first-order valence-electron chi connectivity index (χ1n) is 7.05. The van der Waals surface area contributed by atoms with E-state index >= 15 is 0 Å². The minimum atomic E-state index is 0.715. The van der Waals surface area contributed by atoms with Gasteiger partial charge in [0.25, 0.3) is 0 Å². The first-order valence-corrected chi connectivity index (χ1v) is 7.84. The van der Waals surface area contributed by atoms with E-state index < -0.39 is 0 Å². The maximum Gasteiger partial charge on any atom is 0.119 e. The first-order chi connectivity index (χ1) is 9.28. The van der Waals surface area contributed by atoms with Gasteiger partial charge in [-0.05, 0) is 42.5 Å². The molecule has 3 nitrogen and oxygen atoms in total. The molecule has 0 amide bonds. The summed E-state index contributed by atoms with van der Waals surface area (Å²) in [6.07, 6.45) is 2.81. The van der Waals surface area contributed by atoms with Gasteiger partial charge in [0.05, 0.1) is 7.11 Å². The van der Waals surface area contributed by atoms with Gasteiger partial charge in [0, 0.05) is 36.7 Å². The van der Waals surface area contributed by atoms with E-state index in [2.05, 4.69) is 38.3 Å². The number of halogens is 1. The number of nitrogens with one attached hydrogen (secondary N) is 1. The fourth-order valence-corrected chi connectivity index (χ4v) is 3.30. The average molecular weight is 325 g/mol. The number of benzene rings is 1. The number of hydrogen-bond donors (Lipinski definition) is 1. The molecular formula is C15H21BrN2O. The van der Waals surface area contributed by atoms with Crippen molar-refractivity contribution in [3.05, 3.63) is 28.2 Å². The molecule has 2 aliphatic rings. The summed E-state index contributed by atoms with van der Waals surface area (Å²) in [6.45, 7) is 4.41. The highest BCUT2D eigenvalue weighted by atomic mass is 79.9. The highest BCUT2D eigenvalue weighted by Gasteiger charge is 2.36. The lowest BCUT2D eigenvalue weighted by molar-refractivity contribution is 0.135. The Hall–Kier alpha value is -0.580. The molecule has 1 N–H and O–H groups in total. The normalized spacial score (nSPS) is 24.4. The van der Waals surface area contributed by atoms with Crippen molar-refractivity contribution in [2.24, 2.45) is 5.92 Å². The van der Waals surface area contributed by atoms with Crippen molar-refractivity contribution in [2.45, 2.75) is 25.4 Å². The summed E-state index contributed by atoms with van der Waals surface area (Å²) in [5.74, 6) is 1.86. The largest absolute Gasteiger partial charge is 0.497 e. The second-order valence-corrected chi connectivity index (χ2v) is 6.39. The molecule has 2 fully saturated rings. The number of nitrogens with zero attached hydrogens (tertiary/aromatic N) is 1. The third-order valence-electron chi connectivity index (χ3n) is 4.19. The molecule has 1 saturated carbocycles. The topological polar surface area (TPSA) is 24.5 Å². The van der Waals surface area contributed by atoms with Crippen LogP contribution in [0.3, 0.4) is 0 Å². The van der Waals surface area contributed by atoms with Gasteiger partial charge in [-0.3, -0.25) is 4.90 Å². The van der Waals surface area contributed by atoms with E-state index in [1.807, 2.05) is 6.07 Å². The molecule has 3 rings (SSSR count). The van der Waals surface area contributed by atoms with E-state index in [1.54, 1.807) is 7.11 Å². The molecule has 1 aromatic rings. The monoisotopic (exact) mass is 324 g/mol. The number of piperazine rings is 1. The second kappa shape index (κ2) is 5.81. The van der Waals surface area contributed by atoms with E-state index in [0.717, 1.165) is 37.8 Å². The van der Waals surface area contributed by atoms with Crippen LogP contribution in [-0.2, 0) is 6.54 Å². The Bertz CT molecular complexity index is 448. The SMILES string of the molecule is COc1ccc(Br)c(CN2CCNCC2C2CC2)c1. The zero-order valence-corrected chi connectivity index (χ0v) is 12.9. The Morgan fingerprint density at radius 1 is 1.42 bits per heavy atom. The van der Waals surface area contributed by atoms with Crippen LogP contribution in [-0.4, -0.2) is 37.7 Å². The standard InChI is InChI=1S/C15H21BrN2O/c1-19-13-4-5-14(16)12(8-13)10-18-7-6-17-9-15(18)11-2-3-11/h4-5,8,11,15,17H,2-3,6-7,9-10H2,1H3. The van der Waals surface area contributed by atoms with Gasteiger partial charge in [-0.2, -0.15) is 0 Å². The highest BCUT2D eigenvalue weighted by Crippen LogP contribution is 2.37. The van der Waals surface area contributed by atoms with Gasteiger partial charge in [-0.1, -0.05) is 15.9 Å². The van der Waals surface area contributed by atoms with Crippen molar-refractivity contribution < 1.29 is 4.74 Å². The van der Waals surface area contributed by atoms with Crippen molar-refractivity contribution in [2.75, 3.05) is 26.7 Å². The van der Waals surface area contributed by atoms with Crippen LogP contribution >= 0.6 is 15.9 Å². The molecule has 104 valence electrons. The molecule has 19 heavy (non-hydrogen) atoms. The smallest absolute Gasteiger partial charge is 0.119 e. The van der Waals surface area contributed by atoms with Crippen molar-refractivity contribution in [1.29, 1.82) is 0 Å². The average Bonchev–Trinajstić information content (AvgIpc) is 3.26. The van der Waals surface area contributed by atoms with Crippen LogP contribution in [0.4, 0.5) is 0 Å². The number of ether oxygens (including phenoxy) is 1. The molecule has 0 aromatic heterocycles. The molecule has 1 aromatic carbocycles. The highest BCUT2D eigenvalue weighted by molar-refractivity contribution is 9.10. The summed E-state index contributed by atoms with van der Waals surface area (Å²) < 4.78 is 6.52. The second-order valence-electron chi connectivity index (χ2n) is 5.54. The third kappa shape index (κ3) is 3.12. The van der Waals surface area contributed by atoms with Crippen molar-refractivity contribution in [3.8, 4) is 5.75 Å². The Morgan fingerprint density at radius 2 is 2.26 bits per heavy atom. The van der Waals surface area contributed by atoms with Gasteiger partial charge < -0.3 is 10.1 Å². The van der Waals surface area contributed by atoms with Crippen molar-refractivity contribution >= 4 is 15.9 Å². The number of hydrogen-bond acceptors (Lipinski definition) is 3. The summed E-state index contributed by atoms with van der Waals surface area (Å²) in [6, 6.07) is 6.95. The molecule has 0 radical (unpaired) electrons. The van der Waals surface area contributed by atoms with Crippen LogP contribution in [0.2, 0.25) is 0 Å². The molecule has 1 saturated heterocycles. The lowest BCUT2D eigenvalue weighted by Gasteiger charge is -2.36. The fourth-order valence-electron chi connectivity index (χ4n) is 2.93. The Morgan fingerprint density at radius 3 is 3.00 bits per heavy atom. The number of rotatable bonds is 4. The van der Waals surface area contributed by atoms with Gasteiger partial charge in [0.15, 0.2) is 0 Å². The molecule has 1 atom stereocenters. The zero-order chi connectivity index (χ0) is 13.2. The Kier molecular flexibility index (Phi) is 4.10. The third-order valence-corrected chi connectivity index (χ3v) is 4.96. The van der Waals surface area contributed by atoms with E-state index in [-0.39, 0.29) is 0 Å².